The Morgan fingerprint density at radius 2 is 2.15 bits per heavy atom. The van der Waals surface area contributed by atoms with Crippen LogP contribution in [-0.2, 0) is 10.0 Å². The van der Waals surface area contributed by atoms with Gasteiger partial charge in [-0.05, 0) is 12.1 Å². The number of hydrogen-bond acceptors (Lipinski definition) is 6. The Kier molecular flexibility index (Phi) is 5.01. The molecule has 0 radical (unpaired) electrons. The fourth-order valence-corrected chi connectivity index (χ4v) is 3.05. The van der Waals surface area contributed by atoms with E-state index < -0.39 is 25.5 Å². The number of nitro benzene ring substituents is 1. The van der Waals surface area contributed by atoms with Crippen LogP contribution in [0.3, 0.4) is 0 Å². The Hall–Kier alpha value is -2.18. The third-order valence-corrected chi connectivity index (χ3v) is 4.55. The summed E-state index contributed by atoms with van der Waals surface area (Å²) in [5.41, 5.74) is -0.583. The fourth-order valence-electron chi connectivity index (χ4n) is 1.57. The molecule has 0 atom stereocenters. The first-order valence-electron chi connectivity index (χ1n) is 5.58. The van der Waals surface area contributed by atoms with Gasteiger partial charge in [0, 0.05) is 6.54 Å². The van der Waals surface area contributed by atoms with Gasteiger partial charge in [-0.15, -0.1) is 0 Å². The van der Waals surface area contributed by atoms with Crippen LogP contribution in [0.1, 0.15) is 6.92 Å². The summed E-state index contributed by atoms with van der Waals surface area (Å²) < 4.78 is 30.3. The van der Waals surface area contributed by atoms with Gasteiger partial charge in [0.25, 0.3) is 15.7 Å². The second-order valence-corrected chi connectivity index (χ2v) is 5.59. The highest BCUT2D eigenvalue weighted by molar-refractivity contribution is 7.89. The number of ether oxygens (including phenoxy) is 1. The Morgan fingerprint density at radius 3 is 2.60 bits per heavy atom. The zero-order chi connectivity index (χ0) is 15.3. The Labute approximate surface area is 116 Å². The SMILES string of the molecule is CCN(CC#N)S(=O)(=O)c1ccc(OC)cc1[N+](=O)[O-]. The zero-order valence-corrected chi connectivity index (χ0v) is 11.8. The number of benzene rings is 1. The molecule has 0 amide bonds. The lowest BCUT2D eigenvalue weighted by atomic mass is 10.3. The van der Waals surface area contributed by atoms with E-state index in [1.54, 1.807) is 13.0 Å². The van der Waals surface area contributed by atoms with Crippen LogP contribution in [0.4, 0.5) is 5.69 Å². The summed E-state index contributed by atoms with van der Waals surface area (Å²) in [6.07, 6.45) is 0. The number of nitriles is 1. The lowest BCUT2D eigenvalue weighted by Crippen LogP contribution is -2.31. The summed E-state index contributed by atoms with van der Waals surface area (Å²) in [6.45, 7) is 1.21. The molecule has 0 aliphatic rings. The number of nitro groups is 1. The van der Waals surface area contributed by atoms with Gasteiger partial charge in [0.1, 0.15) is 12.3 Å². The van der Waals surface area contributed by atoms with Gasteiger partial charge >= 0.3 is 0 Å². The molecule has 1 aromatic rings. The van der Waals surface area contributed by atoms with E-state index in [9.17, 15) is 18.5 Å². The summed E-state index contributed by atoms with van der Waals surface area (Å²) in [5, 5.41) is 19.6. The van der Waals surface area contributed by atoms with Crippen molar-refractivity contribution in [1.82, 2.24) is 4.31 Å². The summed E-state index contributed by atoms with van der Waals surface area (Å²) in [5.74, 6) is 0.180. The molecule has 0 N–H and O–H groups in total. The summed E-state index contributed by atoms with van der Waals surface area (Å²) >= 11 is 0. The van der Waals surface area contributed by atoms with E-state index in [0.717, 1.165) is 16.4 Å². The van der Waals surface area contributed by atoms with Gasteiger partial charge < -0.3 is 4.74 Å². The van der Waals surface area contributed by atoms with E-state index >= 15 is 0 Å². The quantitative estimate of drug-likeness (QED) is 0.442. The first kappa shape index (κ1) is 15.9. The zero-order valence-electron chi connectivity index (χ0n) is 10.9. The van der Waals surface area contributed by atoms with E-state index in [-0.39, 0.29) is 18.8 Å². The minimum absolute atomic E-state index is 0.0408. The molecule has 0 saturated carbocycles. The first-order chi connectivity index (χ1) is 9.38. The van der Waals surface area contributed by atoms with Gasteiger partial charge in [-0.3, -0.25) is 10.1 Å². The van der Waals surface area contributed by atoms with Gasteiger partial charge in [0.2, 0.25) is 0 Å². The smallest absolute Gasteiger partial charge is 0.293 e. The number of nitrogens with zero attached hydrogens (tertiary/aromatic N) is 3. The van der Waals surface area contributed by atoms with Gasteiger partial charge in [0.05, 0.1) is 24.2 Å². The number of hydrogen-bond donors (Lipinski definition) is 0. The highest BCUT2D eigenvalue weighted by Crippen LogP contribution is 2.30. The molecule has 0 aliphatic heterocycles. The van der Waals surface area contributed by atoms with Crippen LogP contribution in [0.5, 0.6) is 5.75 Å². The monoisotopic (exact) mass is 299 g/mol. The van der Waals surface area contributed by atoms with Crippen molar-refractivity contribution in [2.45, 2.75) is 11.8 Å². The predicted octanol–water partition coefficient (Wildman–Crippen LogP) is 1.14. The normalized spacial score (nSPS) is 11.1. The molecule has 9 heteroatoms. The lowest BCUT2D eigenvalue weighted by molar-refractivity contribution is -0.387. The van der Waals surface area contributed by atoms with Crippen molar-refractivity contribution in [3.63, 3.8) is 0 Å². The molecule has 0 unspecified atom stereocenters. The number of rotatable bonds is 6. The van der Waals surface area contributed by atoms with E-state index in [1.807, 2.05) is 0 Å². The van der Waals surface area contributed by atoms with Crippen molar-refractivity contribution in [3.8, 4) is 11.8 Å². The molecule has 0 aliphatic carbocycles. The van der Waals surface area contributed by atoms with Crippen LogP contribution in [0, 0.1) is 21.4 Å². The van der Waals surface area contributed by atoms with Crippen molar-refractivity contribution < 1.29 is 18.1 Å². The summed E-state index contributed by atoms with van der Waals surface area (Å²) in [6, 6.07) is 5.18. The molecule has 1 rings (SSSR count). The van der Waals surface area contributed by atoms with Crippen LogP contribution < -0.4 is 4.74 Å². The van der Waals surface area contributed by atoms with Crippen LogP contribution in [0.15, 0.2) is 23.1 Å². The lowest BCUT2D eigenvalue weighted by Gasteiger charge is -2.17. The molecule has 0 fully saturated rings. The standard InChI is InChI=1S/C11H13N3O5S/c1-3-13(7-6-12)20(17,18)11-5-4-9(19-2)8-10(11)14(15)16/h4-5,8H,3,7H2,1-2H3. The summed E-state index contributed by atoms with van der Waals surface area (Å²) in [4.78, 5) is 9.75. The van der Waals surface area contributed by atoms with Crippen molar-refractivity contribution in [2.24, 2.45) is 0 Å². The number of methoxy groups -OCH3 is 1. The average molecular weight is 299 g/mol. The minimum Gasteiger partial charge on any atom is -0.497 e. The summed E-state index contributed by atoms with van der Waals surface area (Å²) in [7, 11) is -2.78. The Bertz CT molecular complexity index is 651. The van der Waals surface area contributed by atoms with Crippen molar-refractivity contribution in [2.75, 3.05) is 20.2 Å². The highest BCUT2D eigenvalue weighted by Gasteiger charge is 2.31. The Morgan fingerprint density at radius 1 is 1.50 bits per heavy atom. The second-order valence-electron chi connectivity index (χ2n) is 3.68. The van der Waals surface area contributed by atoms with Crippen LogP contribution >= 0.6 is 0 Å². The van der Waals surface area contributed by atoms with E-state index in [1.165, 1.54) is 13.2 Å². The van der Waals surface area contributed by atoms with Gasteiger partial charge in [-0.2, -0.15) is 9.57 Å². The van der Waals surface area contributed by atoms with E-state index in [0.29, 0.717) is 0 Å². The maximum absolute atomic E-state index is 12.3. The first-order valence-corrected chi connectivity index (χ1v) is 7.02. The van der Waals surface area contributed by atoms with Gasteiger partial charge in [-0.1, -0.05) is 6.92 Å². The minimum atomic E-state index is -4.10. The molecule has 0 aromatic heterocycles. The molecule has 0 saturated heterocycles. The fraction of sp³-hybridized carbons (Fsp3) is 0.364. The molecular weight excluding hydrogens is 286 g/mol. The third-order valence-electron chi connectivity index (χ3n) is 2.58. The van der Waals surface area contributed by atoms with Crippen LogP contribution in [0.25, 0.3) is 0 Å². The molecule has 0 heterocycles. The molecule has 8 nitrogen and oxygen atoms in total. The van der Waals surface area contributed by atoms with Crippen LogP contribution in [-0.4, -0.2) is 37.8 Å². The predicted molar refractivity (Wildman–Crippen MR) is 69.7 cm³/mol. The van der Waals surface area contributed by atoms with E-state index in [2.05, 4.69) is 0 Å². The largest absolute Gasteiger partial charge is 0.497 e. The van der Waals surface area contributed by atoms with E-state index in [4.69, 9.17) is 10.00 Å². The third kappa shape index (κ3) is 3.04. The van der Waals surface area contributed by atoms with Crippen molar-refractivity contribution >= 4 is 15.7 Å². The second kappa shape index (κ2) is 6.31. The van der Waals surface area contributed by atoms with Crippen molar-refractivity contribution in [3.05, 3.63) is 28.3 Å². The maximum atomic E-state index is 12.3. The molecule has 1 aromatic carbocycles. The highest BCUT2D eigenvalue weighted by atomic mass is 32.2. The Balaban J connectivity index is 3.45. The van der Waals surface area contributed by atoms with Crippen molar-refractivity contribution in [1.29, 1.82) is 5.26 Å². The maximum Gasteiger partial charge on any atom is 0.293 e. The molecule has 108 valence electrons. The molecular formula is C11H13N3O5S. The van der Waals surface area contributed by atoms with Crippen LogP contribution in [0.2, 0.25) is 0 Å². The number of sulfonamides is 1. The molecule has 0 spiro atoms. The molecule has 20 heavy (non-hydrogen) atoms. The van der Waals surface area contributed by atoms with Gasteiger partial charge in [0.15, 0.2) is 4.90 Å². The molecule has 0 bridgehead atoms. The topological polar surface area (TPSA) is 114 Å². The van der Waals surface area contributed by atoms with Gasteiger partial charge in [-0.25, -0.2) is 8.42 Å². The average Bonchev–Trinajstić information content (AvgIpc) is 2.43.